The molecule has 0 saturated carbocycles. The Morgan fingerprint density at radius 1 is 1.04 bits per heavy atom. The normalized spacial score (nSPS) is 11.3. The molecule has 0 saturated heterocycles. The Bertz CT molecular complexity index is 1030. The van der Waals surface area contributed by atoms with Crippen LogP contribution in [0.15, 0.2) is 70.3 Å². The number of hydrogen-bond acceptors (Lipinski definition) is 4. The highest BCUT2D eigenvalue weighted by Crippen LogP contribution is 2.25. The Balaban J connectivity index is 1.61. The molecule has 1 heterocycles. The monoisotopic (exact) mass is 404 g/mol. The quantitative estimate of drug-likeness (QED) is 0.635. The molecular weight excluding hydrogens is 387 g/mol. The van der Waals surface area contributed by atoms with Gasteiger partial charge in [0.2, 0.25) is 15.9 Å². The van der Waals surface area contributed by atoms with Gasteiger partial charge in [0, 0.05) is 6.54 Å². The first-order valence-electron chi connectivity index (χ1n) is 8.09. The molecule has 0 aliphatic heterocycles. The molecular formula is C19H17FN2O3S2. The minimum absolute atomic E-state index is 0.256. The van der Waals surface area contributed by atoms with Crippen molar-refractivity contribution in [2.24, 2.45) is 0 Å². The van der Waals surface area contributed by atoms with Gasteiger partial charge in [-0.05, 0) is 45.6 Å². The van der Waals surface area contributed by atoms with Crippen molar-refractivity contribution in [2.45, 2.75) is 11.4 Å². The molecule has 0 aliphatic rings. The van der Waals surface area contributed by atoms with Gasteiger partial charge in [-0.15, -0.1) is 0 Å². The van der Waals surface area contributed by atoms with E-state index in [2.05, 4.69) is 10.0 Å². The number of carbonyl (C=O) groups excluding carboxylic acids is 1. The number of sulfonamides is 1. The van der Waals surface area contributed by atoms with Crippen molar-refractivity contribution in [1.29, 1.82) is 0 Å². The number of hydrogen-bond donors (Lipinski definition) is 2. The van der Waals surface area contributed by atoms with Crippen LogP contribution in [0.25, 0.3) is 11.1 Å². The van der Waals surface area contributed by atoms with E-state index in [0.29, 0.717) is 0 Å². The summed E-state index contributed by atoms with van der Waals surface area (Å²) in [7, 11) is -4.10. The van der Waals surface area contributed by atoms with Gasteiger partial charge in [0.1, 0.15) is 10.7 Å². The van der Waals surface area contributed by atoms with Crippen LogP contribution in [0.3, 0.4) is 0 Å². The van der Waals surface area contributed by atoms with Crippen LogP contribution in [0.1, 0.15) is 5.56 Å². The highest BCUT2D eigenvalue weighted by molar-refractivity contribution is 7.89. The summed E-state index contributed by atoms with van der Waals surface area (Å²) in [6.07, 6.45) is 0. The molecule has 2 N–H and O–H groups in total. The maximum Gasteiger partial charge on any atom is 0.243 e. The molecule has 0 atom stereocenters. The van der Waals surface area contributed by atoms with Crippen LogP contribution in [-0.2, 0) is 21.4 Å². The SMILES string of the molecule is O=C(CNS(=O)(=O)c1ccccc1F)NCc1ccccc1-c1ccsc1. The zero-order chi connectivity index (χ0) is 19.3. The van der Waals surface area contributed by atoms with Gasteiger partial charge >= 0.3 is 0 Å². The van der Waals surface area contributed by atoms with E-state index < -0.39 is 33.2 Å². The second-order valence-electron chi connectivity index (χ2n) is 5.70. The minimum atomic E-state index is -4.10. The number of thiophene rings is 1. The van der Waals surface area contributed by atoms with Gasteiger partial charge in [-0.2, -0.15) is 11.3 Å². The predicted molar refractivity (Wildman–Crippen MR) is 103 cm³/mol. The van der Waals surface area contributed by atoms with Crippen molar-refractivity contribution < 1.29 is 17.6 Å². The number of benzene rings is 2. The average molecular weight is 404 g/mol. The first kappa shape index (κ1) is 19.2. The molecule has 0 radical (unpaired) electrons. The van der Waals surface area contributed by atoms with Gasteiger partial charge < -0.3 is 5.32 Å². The summed E-state index contributed by atoms with van der Waals surface area (Å²) in [6.45, 7) is -0.219. The van der Waals surface area contributed by atoms with E-state index in [1.165, 1.54) is 12.1 Å². The van der Waals surface area contributed by atoms with Crippen molar-refractivity contribution in [3.05, 3.63) is 76.7 Å². The number of carbonyl (C=O) groups is 1. The summed E-state index contributed by atoms with van der Waals surface area (Å²) in [5.41, 5.74) is 2.98. The Morgan fingerprint density at radius 3 is 2.52 bits per heavy atom. The topological polar surface area (TPSA) is 75.3 Å². The molecule has 5 nitrogen and oxygen atoms in total. The number of nitrogens with one attached hydrogen (secondary N) is 2. The minimum Gasteiger partial charge on any atom is -0.351 e. The molecule has 0 bridgehead atoms. The predicted octanol–water partition coefficient (Wildman–Crippen LogP) is 3.15. The van der Waals surface area contributed by atoms with Gasteiger partial charge in [-0.25, -0.2) is 17.5 Å². The lowest BCUT2D eigenvalue weighted by Crippen LogP contribution is -2.36. The molecule has 8 heteroatoms. The van der Waals surface area contributed by atoms with Crippen LogP contribution in [0, 0.1) is 5.82 Å². The third-order valence-corrected chi connectivity index (χ3v) is 5.99. The average Bonchev–Trinajstić information content (AvgIpc) is 3.20. The van der Waals surface area contributed by atoms with E-state index in [4.69, 9.17) is 0 Å². The van der Waals surface area contributed by atoms with Crippen LogP contribution >= 0.6 is 11.3 Å². The van der Waals surface area contributed by atoms with E-state index in [9.17, 15) is 17.6 Å². The van der Waals surface area contributed by atoms with Crippen molar-refractivity contribution >= 4 is 27.3 Å². The smallest absolute Gasteiger partial charge is 0.243 e. The van der Waals surface area contributed by atoms with Crippen LogP contribution in [0.2, 0.25) is 0 Å². The van der Waals surface area contributed by atoms with E-state index in [-0.39, 0.29) is 6.54 Å². The second kappa shape index (κ2) is 8.43. The van der Waals surface area contributed by atoms with Crippen LogP contribution in [-0.4, -0.2) is 20.9 Å². The Labute approximate surface area is 160 Å². The molecule has 1 amide bonds. The fourth-order valence-electron chi connectivity index (χ4n) is 2.53. The first-order valence-corrected chi connectivity index (χ1v) is 10.5. The Kier molecular flexibility index (Phi) is 6.00. The maximum absolute atomic E-state index is 13.6. The highest BCUT2D eigenvalue weighted by Gasteiger charge is 2.19. The molecule has 27 heavy (non-hydrogen) atoms. The zero-order valence-corrected chi connectivity index (χ0v) is 15.8. The van der Waals surface area contributed by atoms with Gasteiger partial charge in [0.15, 0.2) is 0 Å². The number of amides is 1. The molecule has 1 aromatic heterocycles. The standard InChI is InChI=1S/C19H17FN2O3S2/c20-17-7-3-4-8-18(17)27(24,25)22-12-19(23)21-11-14-5-1-2-6-16(14)15-9-10-26-13-15/h1-10,13,22H,11-12H2,(H,21,23). The summed E-state index contributed by atoms with van der Waals surface area (Å²) in [6, 6.07) is 14.7. The van der Waals surface area contributed by atoms with E-state index >= 15 is 0 Å². The lowest BCUT2D eigenvalue weighted by atomic mass is 10.0. The fraction of sp³-hybridized carbons (Fsp3) is 0.105. The highest BCUT2D eigenvalue weighted by atomic mass is 32.2. The largest absolute Gasteiger partial charge is 0.351 e. The van der Waals surface area contributed by atoms with Crippen molar-refractivity contribution in [2.75, 3.05) is 6.54 Å². The first-order chi connectivity index (χ1) is 13.0. The lowest BCUT2D eigenvalue weighted by molar-refractivity contribution is -0.120. The molecule has 0 fully saturated rings. The van der Waals surface area contributed by atoms with Crippen LogP contribution < -0.4 is 10.0 Å². The van der Waals surface area contributed by atoms with Gasteiger partial charge in [-0.1, -0.05) is 36.4 Å². The molecule has 0 spiro atoms. The molecule has 140 valence electrons. The number of rotatable bonds is 7. The van der Waals surface area contributed by atoms with Gasteiger partial charge in [0.25, 0.3) is 0 Å². The van der Waals surface area contributed by atoms with Crippen LogP contribution in [0.5, 0.6) is 0 Å². The third kappa shape index (κ3) is 4.79. The molecule has 3 aromatic rings. The van der Waals surface area contributed by atoms with Gasteiger partial charge in [-0.3, -0.25) is 4.79 Å². The summed E-state index contributed by atoms with van der Waals surface area (Å²) in [5, 5.41) is 6.68. The van der Waals surface area contributed by atoms with Crippen molar-refractivity contribution in [1.82, 2.24) is 10.0 Å². The zero-order valence-electron chi connectivity index (χ0n) is 14.2. The maximum atomic E-state index is 13.6. The van der Waals surface area contributed by atoms with E-state index in [1.54, 1.807) is 11.3 Å². The third-order valence-electron chi connectivity index (χ3n) is 3.87. The summed E-state index contributed by atoms with van der Waals surface area (Å²) < 4.78 is 40.0. The Hall–Kier alpha value is -2.55. The van der Waals surface area contributed by atoms with Crippen molar-refractivity contribution in [3.63, 3.8) is 0 Å². The van der Waals surface area contributed by atoms with Crippen LogP contribution in [0.4, 0.5) is 4.39 Å². The molecule has 3 rings (SSSR count). The lowest BCUT2D eigenvalue weighted by Gasteiger charge is -2.11. The Morgan fingerprint density at radius 2 is 1.78 bits per heavy atom. The molecule has 0 aliphatic carbocycles. The summed E-state index contributed by atoms with van der Waals surface area (Å²) >= 11 is 1.58. The summed E-state index contributed by atoms with van der Waals surface area (Å²) in [5.74, 6) is -1.37. The number of halogens is 1. The fourth-order valence-corrected chi connectivity index (χ4v) is 4.25. The molecule has 2 aromatic carbocycles. The van der Waals surface area contributed by atoms with Crippen molar-refractivity contribution in [3.8, 4) is 11.1 Å². The van der Waals surface area contributed by atoms with Gasteiger partial charge in [0.05, 0.1) is 6.54 Å². The van der Waals surface area contributed by atoms with E-state index in [1.807, 2.05) is 41.1 Å². The molecule has 0 unspecified atom stereocenters. The van der Waals surface area contributed by atoms with E-state index in [0.717, 1.165) is 28.8 Å². The summed E-state index contributed by atoms with van der Waals surface area (Å²) in [4.78, 5) is 11.6. The second-order valence-corrected chi connectivity index (χ2v) is 8.22.